The first kappa shape index (κ1) is 17.0. The lowest BCUT2D eigenvalue weighted by atomic mass is 10.3. The minimum Gasteiger partial charge on any atom is -0.492 e. The molecule has 0 radical (unpaired) electrons. The number of methoxy groups -OCH3 is 1. The van der Waals surface area contributed by atoms with Gasteiger partial charge in [-0.15, -0.1) is 0 Å². The van der Waals surface area contributed by atoms with Gasteiger partial charge in [0.1, 0.15) is 4.90 Å². The van der Waals surface area contributed by atoms with Crippen LogP contribution in [0.5, 0.6) is 11.5 Å². The van der Waals surface area contributed by atoms with E-state index in [1.807, 2.05) is 0 Å². The van der Waals surface area contributed by atoms with Crippen molar-refractivity contribution < 1.29 is 27.6 Å². The quantitative estimate of drug-likeness (QED) is 0.458. The monoisotopic (exact) mass is 338 g/mol. The van der Waals surface area contributed by atoms with Crippen molar-refractivity contribution in [2.24, 2.45) is 0 Å². The molecule has 0 aliphatic rings. The van der Waals surface area contributed by atoms with Crippen LogP contribution in [-0.4, -0.2) is 40.0 Å². The average Bonchev–Trinajstić information content (AvgIpc) is 2.42. The number of nitro groups is 1. The average molecular weight is 339 g/mol. The molecule has 1 rings (SSSR count). The second-order valence-corrected chi connectivity index (χ2v) is 6.17. The van der Waals surface area contributed by atoms with Crippen molar-refractivity contribution in [2.75, 3.05) is 20.8 Å². The van der Waals surface area contributed by atoms with E-state index in [2.05, 4.69) is 5.32 Å². The van der Waals surface area contributed by atoms with E-state index in [1.165, 1.54) is 7.05 Å². The second-order valence-electron chi connectivity index (χ2n) is 3.63. The van der Waals surface area contributed by atoms with Crippen LogP contribution in [0.15, 0.2) is 17.0 Å². The number of likely N-dealkylation sites (N-methyl/N-ethyl adjacent to an activating group) is 1. The molecule has 0 atom stereocenters. The molecule has 0 spiro atoms. The summed E-state index contributed by atoms with van der Waals surface area (Å²) in [6.45, 7) is -0.476. The Hall–Kier alpha value is -2.07. The zero-order valence-corrected chi connectivity index (χ0v) is 12.5. The van der Waals surface area contributed by atoms with Crippen molar-refractivity contribution in [2.45, 2.75) is 4.90 Å². The fraction of sp³-hybridized carbons (Fsp3) is 0.300. The number of benzene rings is 1. The molecule has 0 saturated carbocycles. The summed E-state index contributed by atoms with van der Waals surface area (Å²) >= 11 is 0. The molecule has 0 saturated heterocycles. The van der Waals surface area contributed by atoms with Crippen molar-refractivity contribution in [1.29, 1.82) is 0 Å². The van der Waals surface area contributed by atoms with Crippen molar-refractivity contribution in [3.8, 4) is 11.5 Å². The highest BCUT2D eigenvalue weighted by Gasteiger charge is 2.26. The Kier molecular flexibility index (Phi) is 5.33. The van der Waals surface area contributed by atoms with Crippen LogP contribution in [-0.2, 0) is 13.8 Å². The molecule has 0 aliphatic carbocycles. The van der Waals surface area contributed by atoms with Gasteiger partial charge in [-0.25, -0.2) is 8.42 Å². The maximum atomic E-state index is 11.5. The molecule has 0 bridgehead atoms. The molecule has 11 heteroatoms. The van der Waals surface area contributed by atoms with Gasteiger partial charge in [0.05, 0.1) is 18.1 Å². The van der Waals surface area contributed by atoms with E-state index in [0.29, 0.717) is 0 Å². The molecule has 0 heterocycles. The molecular formula is C10H11ClN2O7S. The van der Waals surface area contributed by atoms with Gasteiger partial charge in [-0.1, -0.05) is 0 Å². The van der Waals surface area contributed by atoms with Gasteiger partial charge >= 0.3 is 0 Å². The SMILES string of the molecule is CNC(=O)COc1cc([N+](=O)[O-])cc(S(=O)(=O)Cl)c1OC. The molecule has 0 aromatic heterocycles. The second kappa shape index (κ2) is 6.59. The van der Waals surface area contributed by atoms with Gasteiger partial charge in [-0.2, -0.15) is 0 Å². The number of nitrogens with zero attached hydrogens (tertiary/aromatic N) is 1. The van der Waals surface area contributed by atoms with Gasteiger partial charge in [0, 0.05) is 23.8 Å². The van der Waals surface area contributed by atoms with E-state index in [-0.39, 0.29) is 11.5 Å². The summed E-state index contributed by atoms with van der Waals surface area (Å²) in [5.74, 6) is -1.12. The number of carbonyl (C=O) groups excluding carboxylic acids is 1. The Morgan fingerprint density at radius 2 is 2.10 bits per heavy atom. The zero-order chi connectivity index (χ0) is 16.2. The molecule has 1 amide bonds. The van der Waals surface area contributed by atoms with Crippen LogP contribution in [0.3, 0.4) is 0 Å². The van der Waals surface area contributed by atoms with Crippen LogP contribution >= 0.6 is 10.7 Å². The number of amides is 1. The molecule has 0 aliphatic heterocycles. The Morgan fingerprint density at radius 3 is 2.52 bits per heavy atom. The summed E-state index contributed by atoms with van der Waals surface area (Å²) in [7, 11) is 3.41. The van der Waals surface area contributed by atoms with Crippen molar-refractivity contribution in [1.82, 2.24) is 5.32 Å². The largest absolute Gasteiger partial charge is 0.492 e. The summed E-state index contributed by atoms with van der Waals surface area (Å²) < 4.78 is 32.8. The van der Waals surface area contributed by atoms with Crippen molar-refractivity contribution in [3.05, 3.63) is 22.2 Å². The van der Waals surface area contributed by atoms with E-state index >= 15 is 0 Å². The van der Waals surface area contributed by atoms with Gasteiger partial charge in [0.25, 0.3) is 20.6 Å². The van der Waals surface area contributed by atoms with Gasteiger partial charge < -0.3 is 14.8 Å². The summed E-state index contributed by atoms with van der Waals surface area (Å²) in [6, 6.07) is 1.68. The highest BCUT2D eigenvalue weighted by molar-refractivity contribution is 8.13. The predicted octanol–water partition coefficient (Wildman–Crippen LogP) is 0.656. The first-order valence-electron chi connectivity index (χ1n) is 5.35. The molecular weight excluding hydrogens is 328 g/mol. The number of carbonyl (C=O) groups is 1. The normalized spacial score (nSPS) is 10.8. The fourth-order valence-electron chi connectivity index (χ4n) is 1.37. The molecule has 1 aromatic rings. The van der Waals surface area contributed by atoms with Gasteiger partial charge in [0.15, 0.2) is 18.1 Å². The van der Waals surface area contributed by atoms with Crippen LogP contribution in [0.4, 0.5) is 5.69 Å². The van der Waals surface area contributed by atoms with Crippen molar-refractivity contribution >= 4 is 31.3 Å². The van der Waals surface area contributed by atoms with Gasteiger partial charge in [0.2, 0.25) is 0 Å². The zero-order valence-electron chi connectivity index (χ0n) is 11.0. The number of ether oxygens (including phenoxy) is 2. The minimum absolute atomic E-state index is 0.283. The lowest BCUT2D eigenvalue weighted by Gasteiger charge is -2.12. The molecule has 0 unspecified atom stereocenters. The van der Waals surface area contributed by atoms with E-state index in [9.17, 15) is 23.3 Å². The number of hydrogen-bond donors (Lipinski definition) is 1. The third-order valence-corrected chi connectivity index (χ3v) is 3.65. The van der Waals surface area contributed by atoms with Crippen LogP contribution in [0, 0.1) is 10.1 Å². The standard InChI is InChI=1S/C10H11ClN2O7S/c1-12-9(14)5-20-7-3-6(13(15)16)4-8(10(7)19-2)21(11,17)18/h3-4H,5H2,1-2H3,(H,12,14). The molecule has 21 heavy (non-hydrogen) atoms. The maximum Gasteiger partial charge on any atom is 0.274 e. The molecule has 1 N–H and O–H groups in total. The fourth-order valence-corrected chi connectivity index (χ4v) is 2.38. The first-order chi connectivity index (χ1) is 9.70. The summed E-state index contributed by atoms with van der Waals surface area (Å²) in [4.78, 5) is 20.5. The van der Waals surface area contributed by atoms with Crippen molar-refractivity contribution in [3.63, 3.8) is 0 Å². The van der Waals surface area contributed by atoms with Gasteiger partial charge in [-0.3, -0.25) is 14.9 Å². The Bertz CT molecular complexity index is 674. The highest BCUT2D eigenvalue weighted by atomic mass is 35.7. The van der Waals surface area contributed by atoms with Crippen LogP contribution in [0.25, 0.3) is 0 Å². The highest BCUT2D eigenvalue weighted by Crippen LogP contribution is 2.39. The predicted molar refractivity (Wildman–Crippen MR) is 72.2 cm³/mol. The Balaban J connectivity index is 3.42. The molecule has 0 fully saturated rings. The number of hydrogen-bond acceptors (Lipinski definition) is 7. The first-order valence-corrected chi connectivity index (χ1v) is 7.66. The van der Waals surface area contributed by atoms with Crippen LogP contribution in [0.2, 0.25) is 0 Å². The van der Waals surface area contributed by atoms with Crippen LogP contribution < -0.4 is 14.8 Å². The topological polar surface area (TPSA) is 125 Å². The lowest BCUT2D eigenvalue weighted by molar-refractivity contribution is -0.385. The molecule has 116 valence electrons. The number of rotatable bonds is 6. The molecule has 9 nitrogen and oxygen atoms in total. The van der Waals surface area contributed by atoms with E-state index in [1.54, 1.807) is 0 Å². The number of nitro benzene ring substituents is 1. The van der Waals surface area contributed by atoms with Crippen LogP contribution in [0.1, 0.15) is 0 Å². The van der Waals surface area contributed by atoms with E-state index < -0.39 is 37.1 Å². The Morgan fingerprint density at radius 1 is 1.48 bits per heavy atom. The van der Waals surface area contributed by atoms with E-state index in [0.717, 1.165) is 19.2 Å². The summed E-state index contributed by atoms with van der Waals surface area (Å²) in [6.07, 6.45) is 0. The number of nitrogens with one attached hydrogen (secondary N) is 1. The molecule has 1 aromatic carbocycles. The smallest absolute Gasteiger partial charge is 0.274 e. The van der Waals surface area contributed by atoms with Gasteiger partial charge in [-0.05, 0) is 0 Å². The lowest BCUT2D eigenvalue weighted by Crippen LogP contribution is -2.25. The third kappa shape index (κ3) is 4.20. The maximum absolute atomic E-state index is 11.5. The third-order valence-electron chi connectivity index (χ3n) is 2.32. The van der Waals surface area contributed by atoms with E-state index in [4.69, 9.17) is 20.2 Å². The Labute approximate surface area is 124 Å². The summed E-state index contributed by atoms with van der Waals surface area (Å²) in [5, 5.41) is 13.1. The summed E-state index contributed by atoms with van der Waals surface area (Å²) in [5.41, 5.74) is -0.568. The minimum atomic E-state index is -4.31. The number of halogens is 1. The number of non-ortho nitro benzene ring substituents is 1.